The van der Waals surface area contributed by atoms with E-state index in [9.17, 15) is 5.11 Å². The maximum Gasteiger partial charge on any atom is 0.0948 e. The van der Waals surface area contributed by atoms with Crippen molar-refractivity contribution in [3.8, 4) is 0 Å². The number of β-amino-alcohol motifs (C(OH)–C–C–N with tert-alkyl or cyclic N) is 1. The molecule has 4 saturated carbocycles. The van der Waals surface area contributed by atoms with Crippen molar-refractivity contribution in [3.63, 3.8) is 0 Å². The summed E-state index contributed by atoms with van der Waals surface area (Å²) in [5, 5.41) is 10.6. The molecule has 1 heterocycles. The van der Waals surface area contributed by atoms with Gasteiger partial charge in [-0.1, -0.05) is 18.2 Å². The van der Waals surface area contributed by atoms with Crippen LogP contribution >= 0.6 is 0 Å². The highest BCUT2D eigenvalue weighted by atomic mass is 16.5. The second kappa shape index (κ2) is 5.74. The van der Waals surface area contributed by atoms with Crippen LogP contribution in [-0.4, -0.2) is 36.5 Å². The molecule has 4 fully saturated rings. The summed E-state index contributed by atoms with van der Waals surface area (Å²) in [5.41, 5.74) is 2.82. The molecule has 4 aliphatic carbocycles. The molecule has 0 radical (unpaired) electrons. The Hall–Kier alpha value is -1.06. The summed E-state index contributed by atoms with van der Waals surface area (Å²) in [6, 6.07) is 8.58. The maximum absolute atomic E-state index is 10.6. The van der Waals surface area contributed by atoms with Gasteiger partial charge in [0.15, 0.2) is 0 Å². The first-order chi connectivity index (χ1) is 11.7. The van der Waals surface area contributed by atoms with Crippen molar-refractivity contribution in [2.45, 2.75) is 56.7 Å². The van der Waals surface area contributed by atoms with Crippen LogP contribution in [0.4, 0.5) is 5.69 Å². The third kappa shape index (κ3) is 2.66. The molecule has 0 amide bonds. The van der Waals surface area contributed by atoms with Crippen LogP contribution in [0.5, 0.6) is 0 Å². The SMILES string of the molecule is OC(COC12CC3CC(CC(C3)C1)C2)CN1CCc2ccccc21. The minimum absolute atomic E-state index is 0.110. The lowest BCUT2D eigenvalue weighted by Gasteiger charge is -2.56. The summed E-state index contributed by atoms with van der Waals surface area (Å²) in [6.07, 6.45) is 8.78. The predicted molar refractivity (Wildman–Crippen MR) is 95.2 cm³/mol. The van der Waals surface area contributed by atoms with E-state index < -0.39 is 0 Å². The topological polar surface area (TPSA) is 32.7 Å². The van der Waals surface area contributed by atoms with Crippen molar-refractivity contribution < 1.29 is 9.84 Å². The van der Waals surface area contributed by atoms with E-state index in [2.05, 4.69) is 29.2 Å². The van der Waals surface area contributed by atoms with E-state index in [0.29, 0.717) is 13.2 Å². The van der Waals surface area contributed by atoms with Gasteiger partial charge in [0.25, 0.3) is 0 Å². The lowest BCUT2D eigenvalue weighted by atomic mass is 9.54. The van der Waals surface area contributed by atoms with Crippen LogP contribution in [0.2, 0.25) is 0 Å². The zero-order valence-electron chi connectivity index (χ0n) is 14.5. The molecule has 1 unspecified atom stereocenters. The van der Waals surface area contributed by atoms with Gasteiger partial charge in [0.05, 0.1) is 18.3 Å². The van der Waals surface area contributed by atoms with Crippen molar-refractivity contribution in [1.82, 2.24) is 0 Å². The monoisotopic (exact) mass is 327 g/mol. The predicted octanol–water partition coefficient (Wildman–Crippen LogP) is 3.40. The lowest BCUT2D eigenvalue weighted by Crippen LogP contribution is -2.53. The highest BCUT2D eigenvalue weighted by Crippen LogP contribution is 2.57. The van der Waals surface area contributed by atoms with Gasteiger partial charge in [0, 0.05) is 18.8 Å². The third-order valence-corrected chi connectivity index (χ3v) is 6.98. The van der Waals surface area contributed by atoms with Crippen molar-refractivity contribution >= 4 is 5.69 Å². The molecule has 0 aromatic heterocycles. The number of hydrogen-bond donors (Lipinski definition) is 1. The molecule has 130 valence electrons. The molecule has 1 atom stereocenters. The molecule has 3 heteroatoms. The normalized spacial score (nSPS) is 37.7. The molecule has 4 bridgehead atoms. The van der Waals surface area contributed by atoms with E-state index in [0.717, 1.165) is 30.7 Å². The first-order valence-electron chi connectivity index (χ1n) is 9.84. The Balaban J connectivity index is 1.19. The number of anilines is 1. The Morgan fingerprint density at radius 3 is 2.46 bits per heavy atom. The molecule has 1 aromatic carbocycles. The van der Waals surface area contributed by atoms with Gasteiger partial charge in [-0.15, -0.1) is 0 Å². The van der Waals surface area contributed by atoms with Crippen LogP contribution in [0.25, 0.3) is 0 Å². The lowest BCUT2D eigenvalue weighted by molar-refractivity contribution is -0.174. The zero-order valence-corrected chi connectivity index (χ0v) is 14.5. The van der Waals surface area contributed by atoms with E-state index >= 15 is 0 Å². The van der Waals surface area contributed by atoms with Crippen LogP contribution < -0.4 is 4.90 Å². The highest BCUT2D eigenvalue weighted by molar-refractivity contribution is 5.57. The molecule has 0 saturated heterocycles. The second-order valence-electron chi connectivity index (χ2n) is 8.89. The number of hydrogen-bond acceptors (Lipinski definition) is 3. The average Bonchev–Trinajstić information content (AvgIpc) is 2.95. The Morgan fingerprint density at radius 1 is 1.08 bits per heavy atom. The minimum atomic E-state index is -0.385. The summed E-state index contributed by atoms with van der Waals surface area (Å²) in [5.74, 6) is 2.71. The Bertz CT molecular complexity index is 578. The van der Waals surface area contributed by atoms with Crippen molar-refractivity contribution in [3.05, 3.63) is 29.8 Å². The first kappa shape index (κ1) is 15.2. The average molecular weight is 327 g/mol. The summed E-state index contributed by atoms with van der Waals surface area (Å²) < 4.78 is 6.43. The minimum Gasteiger partial charge on any atom is -0.389 e. The number of aliphatic hydroxyl groups is 1. The van der Waals surface area contributed by atoms with Crippen molar-refractivity contribution in [1.29, 1.82) is 0 Å². The first-order valence-corrected chi connectivity index (χ1v) is 9.84. The van der Waals surface area contributed by atoms with Gasteiger partial charge in [-0.05, 0) is 74.3 Å². The number of nitrogens with zero attached hydrogens (tertiary/aromatic N) is 1. The number of fused-ring (bicyclic) bond motifs is 1. The van der Waals surface area contributed by atoms with Gasteiger partial charge in [-0.25, -0.2) is 0 Å². The Morgan fingerprint density at radius 2 is 1.75 bits per heavy atom. The molecular weight excluding hydrogens is 298 g/mol. The fourth-order valence-electron chi connectivity index (χ4n) is 6.38. The summed E-state index contributed by atoms with van der Waals surface area (Å²) in [6.45, 7) is 2.22. The van der Waals surface area contributed by atoms with Gasteiger partial charge in [-0.2, -0.15) is 0 Å². The van der Waals surface area contributed by atoms with E-state index in [1.807, 2.05) is 0 Å². The quantitative estimate of drug-likeness (QED) is 0.900. The van der Waals surface area contributed by atoms with Crippen molar-refractivity contribution in [2.75, 3.05) is 24.6 Å². The second-order valence-corrected chi connectivity index (χ2v) is 8.89. The summed E-state index contributed by atoms with van der Waals surface area (Å²) in [4.78, 5) is 2.32. The molecule has 24 heavy (non-hydrogen) atoms. The van der Waals surface area contributed by atoms with Gasteiger partial charge < -0.3 is 14.7 Å². The largest absolute Gasteiger partial charge is 0.389 e. The number of ether oxygens (including phenoxy) is 1. The maximum atomic E-state index is 10.6. The van der Waals surface area contributed by atoms with Gasteiger partial charge >= 0.3 is 0 Å². The van der Waals surface area contributed by atoms with Gasteiger partial charge in [0.1, 0.15) is 0 Å². The zero-order chi connectivity index (χ0) is 16.1. The van der Waals surface area contributed by atoms with Gasteiger partial charge in [-0.3, -0.25) is 0 Å². The molecule has 1 aromatic rings. The van der Waals surface area contributed by atoms with Gasteiger partial charge in [0.2, 0.25) is 0 Å². The summed E-state index contributed by atoms with van der Waals surface area (Å²) >= 11 is 0. The third-order valence-electron chi connectivity index (χ3n) is 6.98. The van der Waals surface area contributed by atoms with E-state index in [4.69, 9.17) is 4.74 Å². The number of rotatable bonds is 5. The van der Waals surface area contributed by atoms with E-state index in [1.165, 1.54) is 49.8 Å². The molecule has 5 aliphatic rings. The molecule has 1 N–H and O–H groups in total. The van der Waals surface area contributed by atoms with Crippen LogP contribution in [0, 0.1) is 17.8 Å². The number of benzene rings is 1. The Kier molecular flexibility index (Phi) is 3.64. The summed E-state index contributed by atoms with van der Waals surface area (Å²) in [7, 11) is 0. The molecule has 0 spiro atoms. The molecule has 1 aliphatic heterocycles. The highest BCUT2D eigenvalue weighted by Gasteiger charge is 2.51. The van der Waals surface area contributed by atoms with Crippen LogP contribution in [0.15, 0.2) is 24.3 Å². The van der Waals surface area contributed by atoms with E-state index in [-0.39, 0.29) is 11.7 Å². The molecule has 6 rings (SSSR count). The van der Waals surface area contributed by atoms with Crippen LogP contribution in [-0.2, 0) is 11.2 Å². The Labute approximate surface area is 145 Å². The van der Waals surface area contributed by atoms with Crippen LogP contribution in [0.1, 0.15) is 44.1 Å². The molecular formula is C21H29NO2. The number of aliphatic hydroxyl groups excluding tert-OH is 1. The van der Waals surface area contributed by atoms with Crippen LogP contribution in [0.3, 0.4) is 0 Å². The fourth-order valence-corrected chi connectivity index (χ4v) is 6.38. The molecule has 3 nitrogen and oxygen atoms in total. The van der Waals surface area contributed by atoms with Crippen molar-refractivity contribution in [2.24, 2.45) is 17.8 Å². The van der Waals surface area contributed by atoms with E-state index in [1.54, 1.807) is 0 Å². The standard InChI is InChI=1S/C21H29NO2/c23-19(13-22-6-5-18-3-1-2-4-20(18)22)14-24-21-10-15-7-16(11-21)9-17(8-15)12-21/h1-4,15-17,19,23H,5-14H2. The smallest absolute Gasteiger partial charge is 0.0948 e. The number of para-hydroxylation sites is 1. The fraction of sp³-hybridized carbons (Fsp3) is 0.714.